The Morgan fingerprint density at radius 3 is 2.24 bits per heavy atom. The summed E-state index contributed by atoms with van der Waals surface area (Å²) in [5.41, 5.74) is 1.17. The molecule has 2 fully saturated rings. The molecule has 0 spiro atoms. The highest BCUT2D eigenvalue weighted by molar-refractivity contribution is 7.88. The van der Waals surface area contributed by atoms with Crippen LogP contribution in [0.1, 0.15) is 25.7 Å². The molecule has 25 heavy (non-hydrogen) atoms. The van der Waals surface area contributed by atoms with Crippen molar-refractivity contribution in [1.82, 2.24) is 9.21 Å². The van der Waals surface area contributed by atoms with Gasteiger partial charge >= 0.3 is 0 Å². The highest BCUT2D eigenvalue weighted by atomic mass is 32.2. The van der Waals surface area contributed by atoms with Crippen molar-refractivity contribution >= 4 is 21.6 Å². The molecule has 3 rings (SSSR count). The first-order chi connectivity index (χ1) is 11.9. The topological polar surface area (TPSA) is 60.9 Å². The molecule has 0 atom stereocenters. The van der Waals surface area contributed by atoms with Crippen molar-refractivity contribution in [3.8, 4) is 0 Å². The van der Waals surface area contributed by atoms with E-state index in [4.69, 9.17) is 0 Å². The number of carbonyl (C=O) groups excluding carboxylic acids is 1. The number of sulfonamides is 1. The van der Waals surface area contributed by atoms with Gasteiger partial charge in [0, 0.05) is 37.9 Å². The van der Waals surface area contributed by atoms with Crippen molar-refractivity contribution in [2.75, 3.05) is 43.9 Å². The van der Waals surface area contributed by atoms with Crippen molar-refractivity contribution in [2.24, 2.45) is 0 Å². The summed E-state index contributed by atoms with van der Waals surface area (Å²) in [6.07, 6.45) is 5.03. The second-order valence-electron chi connectivity index (χ2n) is 6.95. The number of amides is 1. The van der Waals surface area contributed by atoms with Gasteiger partial charge in [-0.25, -0.2) is 8.42 Å². The van der Waals surface area contributed by atoms with Crippen LogP contribution in [0.15, 0.2) is 30.3 Å². The maximum atomic E-state index is 12.7. The maximum Gasteiger partial charge on any atom is 0.238 e. The van der Waals surface area contributed by atoms with E-state index < -0.39 is 10.0 Å². The minimum atomic E-state index is -3.36. The van der Waals surface area contributed by atoms with Gasteiger partial charge in [-0.15, -0.1) is 0 Å². The molecule has 0 N–H and O–H groups in total. The van der Waals surface area contributed by atoms with Gasteiger partial charge in [0.25, 0.3) is 0 Å². The lowest BCUT2D eigenvalue weighted by atomic mass is 10.2. The van der Waals surface area contributed by atoms with Crippen LogP contribution in [0.2, 0.25) is 0 Å². The van der Waals surface area contributed by atoms with Gasteiger partial charge in [-0.1, -0.05) is 31.0 Å². The summed E-state index contributed by atoms with van der Waals surface area (Å²) in [4.78, 5) is 16.7. The van der Waals surface area contributed by atoms with Crippen LogP contribution in [-0.4, -0.2) is 68.6 Å². The van der Waals surface area contributed by atoms with Gasteiger partial charge in [0.2, 0.25) is 15.9 Å². The van der Waals surface area contributed by atoms with Gasteiger partial charge in [-0.3, -0.25) is 4.79 Å². The zero-order valence-electron chi connectivity index (χ0n) is 14.8. The van der Waals surface area contributed by atoms with Gasteiger partial charge in [-0.05, 0) is 25.0 Å². The lowest BCUT2D eigenvalue weighted by Crippen LogP contribution is -2.52. The Morgan fingerprint density at radius 1 is 1.08 bits per heavy atom. The van der Waals surface area contributed by atoms with Crippen molar-refractivity contribution in [1.29, 1.82) is 0 Å². The van der Waals surface area contributed by atoms with Crippen LogP contribution >= 0.6 is 0 Å². The van der Waals surface area contributed by atoms with E-state index in [2.05, 4.69) is 17.0 Å². The molecule has 6 nitrogen and oxygen atoms in total. The molecule has 1 saturated heterocycles. The molecule has 1 aliphatic heterocycles. The predicted octanol–water partition coefficient (Wildman–Crippen LogP) is 1.54. The van der Waals surface area contributed by atoms with Crippen LogP contribution in [0.25, 0.3) is 0 Å². The molecule has 0 unspecified atom stereocenters. The first-order valence-electron chi connectivity index (χ1n) is 9.00. The SMILES string of the molecule is CS(=O)(=O)N(CC(=O)N1CCN(c2ccccc2)CC1)C1CCCC1. The molecule has 0 bridgehead atoms. The van der Waals surface area contributed by atoms with Crippen LogP contribution < -0.4 is 4.90 Å². The summed E-state index contributed by atoms with van der Waals surface area (Å²) < 4.78 is 25.7. The molecule has 1 saturated carbocycles. The average Bonchev–Trinajstić information content (AvgIpc) is 3.13. The first kappa shape index (κ1) is 18.2. The summed E-state index contributed by atoms with van der Waals surface area (Å²) in [5.74, 6) is -0.0787. The summed E-state index contributed by atoms with van der Waals surface area (Å²) in [6.45, 7) is 2.80. The van der Waals surface area contributed by atoms with E-state index in [1.165, 1.54) is 16.2 Å². The average molecular weight is 365 g/mol. The molecular weight excluding hydrogens is 338 g/mol. The minimum Gasteiger partial charge on any atom is -0.368 e. The quantitative estimate of drug-likeness (QED) is 0.794. The molecule has 138 valence electrons. The molecular formula is C18H27N3O3S. The molecule has 1 amide bonds. The summed E-state index contributed by atoms with van der Waals surface area (Å²) in [7, 11) is -3.36. The van der Waals surface area contributed by atoms with E-state index in [1.807, 2.05) is 18.2 Å². The standard InChI is InChI=1S/C18H27N3O3S/c1-25(23,24)21(17-9-5-6-10-17)15-18(22)20-13-11-19(12-14-20)16-7-3-2-4-8-16/h2-4,7-8,17H,5-6,9-15H2,1H3. The van der Waals surface area contributed by atoms with E-state index in [1.54, 1.807) is 4.90 Å². The van der Waals surface area contributed by atoms with E-state index in [9.17, 15) is 13.2 Å². The van der Waals surface area contributed by atoms with Crippen LogP contribution in [0.3, 0.4) is 0 Å². The number of piperazine rings is 1. The Bertz CT molecular complexity index is 679. The molecule has 1 heterocycles. The van der Waals surface area contributed by atoms with Gasteiger partial charge < -0.3 is 9.80 Å². The molecule has 7 heteroatoms. The van der Waals surface area contributed by atoms with E-state index in [0.29, 0.717) is 13.1 Å². The summed E-state index contributed by atoms with van der Waals surface area (Å²) in [6, 6.07) is 10.2. The van der Waals surface area contributed by atoms with Gasteiger partial charge in [-0.2, -0.15) is 4.31 Å². The summed E-state index contributed by atoms with van der Waals surface area (Å²) in [5, 5.41) is 0. The lowest BCUT2D eigenvalue weighted by molar-refractivity contribution is -0.132. The molecule has 1 aromatic rings. The Hall–Kier alpha value is -1.60. The number of nitrogens with zero attached hydrogens (tertiary/aromatic N) is 3. The van der Waals surface area contributed by atoms with Crippen LogP contribution in [0.5, 0.6) is 0 Å². The van der Waals surface area contributed by atoms with Crippen LogP contribution in [-0.2, 0) is 14.8 Å². The highest BCUT2D eigenvalue weighted by Crippen LogP contribution is 2.25. The van der Waals surface area contributed by atoms with Gasteiger partial charge in [0.1, 0.15) is 0 Å². The zero-order chi connectivity index (χ0) is 17.9. The number of benzene rings is 1. The number of carbonyl (C=O) groups is 1. The third-order valence-corrected chi connectivity index (χ3v) is 6.48. The molecule has 0 radical (unpaired) electrons. The van der Waals surface area contributed by atoms with E-state index >= 15 is 0 Å². The fourth-order valence-electron chi connectivity index (χ4n) is 3.80. The monoisotopic (exact) mass is 365 g/mol. The minimum absolute atomic E-state index is 0.00967. The second-order valence-corrected chi connectivity index (χ2v) is 8.88. The molecule has 1 aliphatic carbocycles. The van der Waals surface area contributed by atoms with E-state index in [-0.39, 0.29) is 18.5 Å². The first-order valence-corrected chi connectivity index (χ1v) is 10.8. The molecule has 1 aromatic carbocycles. The lowest BCUT2D eigenvalue weighted by Gasteiger charge is -2.37. The Balaban J connectivity index is 1.58. The van der Waals surface area contributed by atoms with Gasteiger partial charge in [0.05, 0.1) is 12.8 Å². The third-order valence-electron chi connectivity index (χ3n) is 5.20. The zero-order valence-corrected chi connectivity index (χ0v) is 15.6. The molecule has 0 aromatic heterocycles. The number of rotatable bonds is 5. The van der Waals surface area contributed by atoms with Crippen molar-refractivity contribution < 1.29 is 13.2 Å². The Kier molecular flexibility index (Phi) is 5.64. The van der Waals surface area contributed by atoms with Gasteiger partial charge in [0.15, 0.2) is 0 Å². The number of hydrogen-bond acceptors (Lipinski definition) is 4. The Labute approximate surface area is 150 Å². The fraction of sp³-hybridized carbons (Fsp3) is 0.611. The third kappa shape index (κ3) is 4.52. The number of hydrogen-bond donors (Lipinski definition) is 0. The van der Waals surface area contributed by atoms with Crippen LogP contribution in [0, 0.1) is 0 Å². The fourth-order valence-corrected chi connectivity index (χ4v) is 4.89. The van der Waals surface area contributed by atoms with E-state index in [0.717, 1.165) is 38.8 Å². The Morgan fingerprint density at radius 2 is 1.68 bits per heavy atom. The largest absolute Gasteiger partial charge is 0.368 e. The molecule has 2 aliphatic rings. The second kappa shape index (κ2) is 7.74. The normalized spacial score (nSPS) is 19.6. The van der Waals surface area contributed by atoms with Crippen molar-refractivity contribution in [3.05, 3.63) is 30.3 Å². The number of para-hydroxylation sites is 1. The highest BCUT2D eigenvalue weighted by Gasteiger charge is 2.32. The summed E-state index contributed by atoms with van der Waals surface area (Å²) >= 11 is 0. The van der Waals surface area contributed by atoms with Crippen molar-refractivity contribution in [2.45, 2.75) is 31.7 Å². The predicted molar refractivity (Wildman–Crippen MR) is 99.0 cm³/mol. The smallest absolute Gasteiger partial charge is 0.238 e. The van der Waals surface area contributed by atoms with Crippen LogP contribution in [0.4, 0.5) is 5.69 Å². The number of anilines is 1. The maximum absolute atomic E-state index is 12.7. The van der Waals surface area contributed by atoms with Crippen molar-refractivity contribution in [3.63, 3.8) is 0 Å².